The van der Waals surface area contributed by atoms with E-state index in [1.54, 1.807) is 0 Å². The second-order valence-corrected chi connectivity index (χ2v) is 4.80. The summed E-state index contributed by atoms with van der Waals surface area (Å²) in [4.78, 5) is 0. The lowest BCUT2D eigenvalue weighted by molar-refractivity contribution is 0.105. The highest BCUT2D eigenvalue weighted by Crippen LogP contribution is 2.71. The molecule has 1 fully saturated rings. The van der Waals surface area contributed by atoms with Gasteiger partial charge in [0, 0.05) is 0 Å². The van der Waals surface area contributed by atoms with Gasteiger partial charge >= 0.3 is 0 Å². The van der Waals surface area contributed by atoms with Crippen molar-refractivity contribution in [2.75, 3.05) is 0 Å². The average Bonchev–Trinajstić information content (AvgIpc) is 2.94. The van der Waals surface area contributed by atoms with Crippen LogP contribution in [0.3, 0.4) is 0 Å². The molecule has 0 aliphatic heterocycles. The summed E-state index contributed by atoms with van der Waals surface area (Å²) >= 11 is 0. The molecule has 0 amide bonds. The van der Waals surface area contributed by atoms with E-state index in [9.17, 15) is 8.78 Å². The highest BCUT2D eigenvalue weighted by atomic mass is 19.3. The molecule has 84 valence electrons. The van der Waals surface area contributed by atoms with Crippen molar-refractivity contribution in [3.63, 3.8) is 0 Å². The van der Waals surface area contributed by atoms with Gasteiger partial charge in [0.1, 0.15) is 0 Å². The number of hydrogen-bond donors (Lipinski definition) is 0. The summed E-state index contributed by atoms with van der Waals surface area (Å²) in [6, 6.07) is 15.1. The van der Waals surface area contributed by atoms with Crippen LogP contribution in [0.25, 0.3) is 11.1 Å². The van der Waals surface area contributed by atoms with E-state index in [0.29, 0.717) is 0 Å². The molecule has 2 aromatic rings. The van der Waals surface area contributed by atoms with E-state index in [4.69, 9.17) is 0 Å². The number of alkyl halides is 2. The highest BCUT2D eigenvalue weighted by molar-refractivity contribution is 5.78. The number of fused-ring (bicyclic) bond motifs is 6. The van der Waals surface area contributed by atoms with E-state index in [1.807, 2.05) is 48.5 Å². The SMILES string of the molecule is FC1(F)C2c3ccccc3-c3ccccc3C21. The second-order valence-electron chi connectivity index (χ2n) is 4.80. The molecule has 2 unspecified atom stereocenters. The standard InChI is InChI=1S/C15H10F2/c16-15(17)13-11-7-3-1-5-9(11)10-6-2-4-8-12(10)14(13)15/h1-8,13-14H. The normalized spacial score (nSPS) is 26.7. The van der Waals surface area contributed by atoms with Gasteiger partial charge in [0.2, 0.25) is 0 Å². The number of hydrogen-bond acceptors (Lipinski definition) is 0. The Hall–Kier alpha value is -1.70. The first-order chi connectivity index (χ1) is 8.21. The molecule has 0 N–H and O–H groups in total. The first-order valence-electron chi connectivity index (χ1n) is 5.77. The fourth-order valence-electron chi connectivity index (χ4n) is 3.13. The van der Waals surface area contributed by atoms with Gasteiger partial charge in [-0.25, -0.2) is 8.78 Å². The summed E-state index contributed by atoms with van der Waals surface area (Å²) in [5.74, 6) is -3.77. The van der Waals surface area contributed by atoms with Gasteiger partial charge in [0.05, 0.1) is 11.8 Å². The molecular formula is C15H10F2. The minimum Gasteiger partial charge on any atom is -0.205 e. The first-order valence-corrected chi connectivity index (χ1v) is 5.77. The summed E-state index contributed by atoms with van der Waals surface area (Å²) in [5.41, 5.74) is 3.56. The molecule has 2 aliphatic carbocycles. The van der Waals surface area contributed by atoms with Crippen molar-refractivity contribution in [2.45, 2.75) is 17.8 Å². The molecule has 1 saturated carbocycles. The van der Waals surface area contributed by atoms with Crippen LogP contribution in [0.15, 0.2) is 48.5 Å². The molecule has 2 aromatic carbocycles. The Morgan fingerprint density at radius 3 is 1.59 bits per heavy atom. The molecule has 2 atom stereocenters. The zero-order chi connectivity index (χ0) is 11.6. The Morgan fingerprint density at radius 1 is 0.706 bits per heavy atom. The number of benzene rings is 2. The van der Waals surface area contributed by atoms with Crippen molar-refractivity contribution in [3.8, 4) is 11.1 Å². The van der Waals surface area contributed by atoms with E-state index in [-0.39, 0.29) is 0 Å². The van der Waals surface area contributed by atoms with Crippen LogP contribution in [0.5, 0.6) is 0 Å². The topological polar surface area (TPSA) is 0 Å². The Kier molecular flexibility index (Phi) is 1.51. The Morgan fingerprint density at radius 2 is 1.12 bits per heavy atom. The summed E-state index contributed by atoms with van der Waals surface area (Å²) in [6.45, 7) is 0. The maximum atomic E-state index is 13.9. The van der Waals surface area contributed by atoms with Gasteiger partial charge in [-0.3, -0.25) is 0 Å². The van der Waals surface area contributed by atoms with Gasteiger partial charge in [-0.2, -0.15) is 0 Å². The van der Waals surface area contributed by atoms with Crippen LogP contribution in [0.1, 0.15) is 23.0 Å². The van der Waals surface area contributed by atoms with Crippen molar-refractivity contribution in [1.29, 1.82) is 0 Å². The van der Waals surface area contributed by atoms with Crippen LogP contribution in [-0.2, 0) is 0 Å². The minimum absolute atomic E-state index is 0.603. The van der Waals surface area contributed by atoms with Gasteiger partial charge in [-0.05, 0) is 22.3 Å². The van der Waals surface area contributed by atoms with E-state index in [1.165, 1.54) is 0 Å². The summed E-state index contributed by atoms with van der Waals surface area (Å²) in [6.07, 6.45) is 0. The van der Waals surface area contributed by atoms with Crippen LogP contribution in [0.2, 0.25) is 0 Å². The number of rotatable bonds is 0. The molecule has 0 nitrogen and oxygen atoms in total. The van der Waals surface area contributed by atoms with Crippen molar-refractivity contribution in [1.82, 2.24) is 0 Å². The van der Waals surface area contributed by atoms with E-state index in [0.717, 1.165) is 22.3 Å². The lowest BCUT2D eigenvalue weighted by Crippen LogP contribution is -1.98. The maximum absolute atomic E-state index is 13.9. The Balaban J connectivity index is 2.07. The smallest absolute Gasteiger partial charge is 0.205 e. The Bertz CT molecular complexity index is 562. The fourth-order valence-corrected chi connectivity index (χ4v) is 3.13. The average molecular weight is 228 g/mol. The van der Waals surface area contributed by atoms with Gasteiger partial charge < -0.3 is 0 Å². The predicted molar refractivity (Wildman–Crippen MR) is 62.3 cm³/mol. The third-order valence-electron chi connectivity index (χ3n) is 3.94. The quantitative estimate of drug-likeness (QED) is 0.634. The molecule has 17 heavy (non-hydrogen) atoms. The van der Waals surface area contributed by atoms with Gasteiger partial charge in [0.25, 0.3) is 5.92 Å². The van der Waals surface area contributed by atoms with E-state index >= 15 is 0 Å². The maximum Gasteiger partial charge on any atom is 0.263 e. The van der Waals surface area contributed by atoms with Crippen molar-refractivity contribution in [2.24, 2.45) is 0 Å². The monoisotopic (exact) mass is 228 g/mol. The van der Waals surface area contributed by atoms with Gasteiger partial charge in [-0.1, -0.05) is 48.5 Å². The van der Waals surface area contributed by atoms with Crippen LogP contribution in [0, 0.1) is 0 Å². The molecule has 0 saturated heterocycles. The summed E-state index contributed by atoms with van der Waals surface area (Å²) in [7, 11) is 0. The molecule has 2 heteroatoms. The third kappa shape index (κ3) is 1.01. The summed E-state index contributed by atoms with van der Waals surface area (Å²) < 4.78 is 27.7. The molecule has 0 bridgehead atoms. The van der Waals surface area contributed by atoms with Crippen molar-refractivity contribution < 1.29 is 8.78 Å². The van der Waals surface area contributed by atoms with Gasteiger partial charge in [-0.15, -0.1) is 0 Å². The van der Waals surface area contributed by atoms with Crippen LogP contribution in [0.4, 0.5) is 8.78 Å². The van der Waals surface area contributed by atoms with Gasteiger partial charge in [0.15, 0.2) is 0 Å². The van der Waals surface area contributed by atoms with E-state index < -0.39 is 17.8 Å². The van der Waals surface area contributed by atoms with Crippen molar-refractivity contribution >= 4 is 0 Å². The Labute approximate surface area is 97.9 Å². The van der Waals surface area contributed by atoms with E-state index in [2.05, 4.69) is 0 Å². The molecule has 4 rings (SSSR count). The van der Waals surface area contributed by atoms with Crippen LogP contribution >= 0.6 is 0 Å². The second kappa shape index (κ2) is 2.76. The molecule has 0 aromatic heterocycles. The molecule has 0 heterocycles. The lowest BCUT2D eigenvalue weighted by Gasteiger charge is -2.17. The zero-order valence-electron chi connectivity index (χ0n) is 9.03. The highest BCUT2D eigenvalue weighted by Gasteiger charge is 2.71. The van der Waals surface area contributed by atoms with Crippen LogP contribution < -0.4 is 0 Å². The predicted octanol–water partition coefficient (Wildman–Crippen LogP) is 4.18. The largest absolute Gasteiger partial charge is 0.263 e. The molecule has 2 aliphatic rings. The number of halogens is 2. The zero-order valence-corrected chi connectivity index (χ0v) is 9.03. The molecular weight excluding hydrogens is 218 g/mol. The van der Waals surface area contributed by atoms with Crippen LogP contribution in [-0.4, -0.2) is 5.92 Å². The third-order valence-corrected chi connectivity index (χ3v) is 3.94. The lowest BCUT2D eigenvalue weighted by atomic mass is 9.86. The molecule has 0 radical (unpaired) electrons. The molecule has 0 spiro atoms. The summed E-state index contributed by atoms with van der Waals surface area (Å²) in [5, 5.41) is 0. The van der Waals surface area contributed by atoms with Crippen molar-refractivity contribution in [3.05, 3.63) is 59.7 Å². The minimum atomic E-state index is -2.57. The fraction of sp³-hybridized carbons (Fsp3) is 0.200. The first kappa shape index (κ1) is 9.34.